The Morgan fingerprint density at radius 3 is 2.74 bits per heavy atom. The van der Waals surface area contributed by atoms with Crippen LogP contribution in [-0.4, -0.2) is 34.8 Å². The highest BCUT2D eigenvalue weighted by Gasteiger charge is 2.31. The number of esters is 1. The maximum atomic E-state index is 12.1. The first-order chi connectivity index (χ1) is 11.1. The molecule has 4 nitrogen and oxygen atoms in total. The molecular weight excluding hydrogens is 310 g/mol. The third-order valence-electron chi connectivity index (χ3n) is 4.19. The van der Waals surface area contributed by atoms with Gasteiger partial charge in [0.15, 0.2) is 0 Å². The molecule has 1 aromatic carbocycles. The first-order valence-corrected chi connectivity index (χ1v) is 8.92. The number of amides is 1. The molecule has 1 aromatic rings. The summed E-state index contributed by atoms with van der Waals surface area (Å²) in [5.74, 6) is 0.0123. The molecule has 0 N–H and O–H groups in total. The molecule has 2 atom stereocenters. The van der Waals surface area contributed by atoms with Crippen molar-refractivity contribution in [3.63, 3.8) is 0 Å². The summed E-state index contributed by atoms with van der Waals surface area (Å²) >= 11 is 1.75. The fourth-order valence-electron chi connectivity index (χ4n) is 2.97. The second-order valence-corrected chi connectivity index (χ2v) is 7.20. The van der Waals surface area contributed by atoms with Crippen LogP contribution in [0, 0.1) is 0 Å². The molecule has 0 spiro atoms. The third-order valence-corrected chi connectivity index (χ3v) is 5.50. The van der Waals surface area contributed by atoms with E-state index in [-0.39, 0.29) is 23.4 Å². The number of likely N-dealkylation sites (tertiary alicyclic amines) is 1. The van der Waals surface area contributed by atoms with E-state index in [1.54, 1.807) is 18.7 Å². The fraction of sp³-hybridized carbons (Fsp3) is 0.444. The highest BCUT2D eigenvalue weighted by Crippen LogP contribution is 2.33. The van der Waals surface area contributed by atoms with Crippen molar-refractivity contribution < 1.29 is 14.3 Å². The van der Waals surface area contributed by atoms with Gasteiger partial charge in [-0.25, -0.2) is 4.79 Å². The van der Waals surface area contributed by atoms with Crippen LogP contribution in [0.2, 0.25) is 0 Å². The van der Waals surface area contributed by atoms with Gasteiger partial charge in [0, 0.05) is 23.4 Å². The van der Waals surface area contributed by atoms with Gasteiger partial charge in [0.2, 0.25) is 5.91 Å². The molecule has 0 bridgehead atoms. The lowest BCUT2D eigenvalue weighted by Gasteiger charge is -2.24. The van der Waals surface area contributed by atoms with E-state index in [2.05, 4.69) is 12.1 Å². The number of ether oxygens (including phenoxy) is 1. The molecule has 2 heterocycles. The largest absolute Gasteiger partial charge is 0.455 e. The molecule has 1 saturated heterocycles. The number of hydrogen-bond acceptors (Lipinski definition) is 4. The number of cyclic esters (lactones) is 1. The van der Waals surface area contributed by atoms with E-state index < -0.39 is 0 Å². The van der Waals surface area contributed by atoms with Gasteiger partial charge in [-0.05, 0) is 44.4 Å². The van der Waals surface area contributed by atoms with Gasteiger partial charge < -0.3 is 9.64 Å². The van der Waals surface area contributed by atoms with Crippen LogP contribution >= 0.6 is 11.8 Å². The van der Waals surface area contributed by atoms with E-state index in [1.807, 2.05) is 29.2 Å². The Bertz CT molecular complexity index is 614. The van der Waals surface area contributed by atoms with Gasteiger partial charge in [0.25, 0.3) is 0 Å². The van der Waals surface area contributed by atoms with Gasteiger partial charge in [-0.15, -0.1) is 11.8 Å². The van der Waals surface area contributed by atoms with Crippen molar-refractivity contribution in [1.29, 1.82) is 0 Å². The number of rotatable bonds is 6. The second kappa shape index (κ2) is 7.21. The van der Waals surface area contributed by atoms with Crippen LogP contribution in [0.1, 0.15) is 32.6 Å². The Morgan fingerprint density at radius 1 is 1.26 bits per heavy atom. The Kier molecular flexibility index (Phi) is 5.06. The molecule has 2 aliphatic heterocycles. The molecule has 5 heteroatoms. The summed E-state index contributed by atoms with van der Waals surface area (Å²) in [6, 6.07) is 10.2. The van der Waals surface area contributed by atoms with Crippen LogP contribution in [0.3, 0.4) is 0 Å². The van der Waals surface area contributed by atoms with Crippen molar-refractivity contribution in [1.82, 2.24) is 4.90 Å². The van der Waals surface area contributed by atoms with Crippen molar-refractivity contribution in [2.45, 2.75) is 49.0 Å². The van der Waals surface area contributed by atoms with Crippen LogP contribution in [0.15, 0.2) is 46.9 Å². The normalized spacial score (nSPS) is 24.0. The monoisotopic (exact) mass is 331 g/mol. The van der Waals surface area contributed by atoms with Gasteiger partial charge in [-0.1, -0.05) is 18.2 Å². The topological polar surface area (TPSA) is 46.6 Å². The first-order valence-electron chi connectivity index (χ1n) is 8.04. The number of carbonyl (C=O) groups is 2. The van der Waals surface area contributed by atoms with Crippen LogP contribution in [0.5, 0.6) is 0 Å². The Labute approximate surface area is 140 Å². The molecule has 0 aliphatic carbocycles. The van der Waals surface area contributed by atoms with E-state index in [1.165, 1.54) is 4.90 Å². The van der Waals surface area contributed by atoms with Crippen LogP contribution < -0.4 is 0 Å². The number of hydrogen-bond donors (Lipinski definition) is 0. The summed E-state index contributed by atoms with van der Waals surface area (Å²) in [5.41, 5.74) is 0.685. The number of carbonyl (C=O) groups excluding carboxylic acids is 2. The highest BCUT2D eigenvalue weighted by atomic mass is 32.2. The van der Waals surface area contributed by atoms with Gasteiger partial charge in [0.1, 0.15) is 6.10 Å². The van der Waals surface area contributed by atoms with Crippen molar-refractivity contribution in [3.8, 4) is 0 Å². The van der Waals surface area contributed by atoms with Crippen molar-refractivity contribution in [3.05, 3.63) is 42.0 Å². The lowest BCUT2D eigenvalue weighted by Crippen LogP contribution is -2.32. The Hall–Kier alpha value is -1.75. The molecule has 23 heavy (non-hydrogen) atoms. The smallest absolute Gasteiger partial charge is 0.334 e. The molecule has 3 rings (SSSR count). The Balaban J connectivity index is 1.51. The first kappa shape index (κ1) is 16.1. The molecule has 1 amide bonds. The lowest BCUT2D eigenvalue weighted by atomic mass is 10.1. The summed E-state index contributed by atoms with van der Waals surface area (Å²) in [6.45, 7) is 2.50. The Morgan fingerprint density at radius 2 is 2.04 bits per heavy atom. The summed E-state index contributed by atoms with van der Waals surface area (Å²) < 4.78 is 5.25. The molecular formula is C18H21NO3S. The van der Waals surface area contributed by atoms with E-state index in [9.17, 15) is 9.59 Å². The zero-order valence-electron chi connectivity index (χ0n) is 13.2. The summed E-state index contributed by atoms with van der Waals surface area (Å²) in [4.78, 5) is 26.6. The molecule has 0 aromatic heterocycles. The van der Waals surface area contributed by atoms with Crippen LogP contribution in [0.4, 0.5) is 0 Å². The predicted octanol–water partition coefficient (Wildman–Crippen LogP) is 3.38. The zero-order chi connectivity index (χ0) is 16.2. The zero-order valence-corrected chi connectivity index (χ0v) is 14.1. The highest BCUT2D eigenvalue weighted by molar-refractivity contribution is 8.00. The minimum atomic E-state index is -0.218. The van der Waals surface area contributed by atoms with Crippen LogP contribution in [0.25, 0.3) is 0 Å². The van der Waals surface area contributed by atoms with E-state index >= 15 is 0 Å². The summed E-state index contributed by atoms with van der Waals surface area (Å²) in [7, 11) is 0. The van der Waals surface area contributed by atoms with Gasteiger partial charge in [0.05, 0.1) is 5.37 Å². The maximum Gasteiger partial charge on any atom is 0.334 e. The summed E-state index contributed by atoms with van der Waals surface area (Å²) in [5, 5.41) is 0.216. The molecule has 122 valence electrons. The lowest BCUT2D eigenvalue weighted by molar-refractivity contribution is -0.140. The molecule has 1 fully saturated rings. The minimum Gasteiger partial charge on any atom is -0.455 e. The van der Waals surface area contributed by atoms with Crippen molar-refractivity contribution in [2.75, 3.05) is 6.54 Å². The standard InChI is InChI=1S/C18H21NO3S/c1-13-12-14(22-18(13)21)6-5-11-19-16(20)9-10-17(19)23-15-7-3-2-4-8-15/h2-4,7-8,12,14,17H,5-6,9-11H2,1H3. The van der Waals surface area contributed by atoms with Gasteiger partial charge >= 0.3 is 5.97 Å². The molecule has 0 radical (unpaired) electrons. The summed E-state index contributed by atoms with van der Waals surface area (Å²) in [6.07, 6.45) is 4.90. The number of benzene rings is 1. The molecule has 0 saturated carbocycles. The molecule has 2 unspecified atom stereocenters. The minimum absolute atomic E-state index is 0.125. The molecule has 2 aliphatic rings. The van der Waals surface area contributed by atoms with E-state index in [4.69, 9.17) is 4.74 Å². The second-order valence-electron chi connectivity index (χ2n) is 5.95. The number of thioether (sulfide) groups is 1. The van der Waals surface area contributed by atoms with Gasteiger partial charge in [-0.2, -0.15) is 0 Å². The van der Waals surface area contributed by atoms with Crippen molar-refractivity contribution in [2.24, 2.45) is 0 Å². The van der Waals surface area contributed by atoms with E-state index in [0.717, 1.165) is 25.8 Å². The quantitative estimate of drug-likeness (QED) is 0.750. The average molecular weight is 331 g/mol. The van der Waals surface area contributed by atoms with Crippen molar-refractivity contribution >= 4 is 23.6 Å². The van der Waals surface area contributed by atoms with Gasteiger partial charge in [-0.3, -0.25) is 4.79 Å². The third kappa shape index (κ3) is 3.96. The number of nitrogens with zero attached hydrogens (tertiary/aromatic N) is 1. The van der Waals surface area contributed by atoms with Crippen LogP contribution in [-0.2, 0) is 14.3 Å². The predicted molar refractivity (Wildman–Crippen MR) is 89.9 cm³/mol. The maximum absolute atomic E-state index is 12.1. The average Bonchev–Trinajstić information content (AvgIpc) is 3.04. The SMILES string of the molecule is CC1=CC(CCCN2C(=O)CCC2Sc2ccccc2)OC1=O. The van der Waals surface area contributed by atoms with E-state index in [0.29, 0.717) is 12.0 Å². The fourth-order valence-corrected chi connectivity index (χ4v) is 4.19.